The number of hydrogen-bond donors (Lipinski definition) is 2. The molecule has 1 unspecified atom stereocenters. The van der Waals surface area contributed by atoms with E-state index < -0.39 is 0 Å². The lowest BCUT2D eigenvalue weighted by atomic mass is 10.3. The maximum absolute atomic E-state index is 5.53. The predicted molar refractivity (Wildman–Crippen MR) is 44.6 cm³/mol. The Morgan fingerprint density at radius 1 is 1.80 bits per heavy atom. The van der Waals surface area contributed by atoms with Crippen molar-refractivity contribution in [3.63, 3.8) is 0 Å². The summed E-state index contributed by atoms with van der Waals surface area (Å²) in [5.41, 5.74) is 11.0. The fourth-order valence-corrected chi connectivity index (χ4v) is 0.985. The Bertz CT molecular complexity index is 188. The van der Waals surface area contributed by atoms with E-state index in [1.165, 1.54) is 0 Å². The Balaban J connectivity index is 2.79. The summed E-state index contributed by atoms with van der Waals surface area (Å²) < 4.78 is 0. The van der Waals surface area contributed by atoms with Crippen molar-refractivity contribution < 1.29 is 0 Å². The highest BCUT2D eigenvalue weighted by molar-refractivity contribution is 7.80. The van der Waals surface area contributed by atoms with Crippen LogP contribution in [-0.4, -0.2) is 29.1 Å². The van der Waals surface area contributed by atoms with Crippen LogP contribution in [0.1, 0.15) is 6.42 Å². The number of thiocarbonyl (C=S) groups is 1. The zero-order chi connectivity index (χ0) is 7.72. The van der Waals surface area contributed by atoms with Gasteiger partial charge in [0.1, 0.15) is 5.84 Å². The minimum atomic E-state index is -0.388. The summed E-state index contributed by atoms with van der Waals surface area (Å²) in [7, 11) is 1.81. The van der Waals surface area contributed by atoms with E-state index >= 15 is 0 Å². The van der Waals surface area contributed by atoms with Gasteiger partial charge in [0.15, 0.2) is 6.29 Å². The van der Waals surface area contributed by atoms with Crippen LogP contribution in [0.2, 0.25) is 0 Å². The molecule has 0 radical (unpaired) electrons. The maximum Gasteiger partial charge on any atom is 0.175 e. The first-order valence-corrected chi connectivity index (χ1v) is 3.35. The molecule has 0 saturated carbocycles. The summed E-state index contributed by atoms with van der Waals surface area (Å²) in [6.45, 7) is 0. The summed E-state index contributed by atoms with van der Waals surface area (Å²) in [5, 5.41) is 0. The topological polar surface area (TPSA) is 67.6 Å². The van der Waals surface area contributed by atoms with E-state index in [0.29, 0.717) is 12.3 Å². The van der Waals surface area contributed by atoms with E-state index in [1.807, 2.05) is 7.05 Å². The minimum Gasteiger partial charge on any atom is -0.387 e. The Morgan fingerprint density at radius 3 is 2.90 bits per heavy atom. The van der Waals surface area contributed by atoms with Crippen molar-refractivity contribution in [1.29, 1.82) is 0 Å². The largest absolute Gasteiger partial charge is 0.387 e. The third-order valence-corrected chi connectivity index (χ3v) is 1.85. The molecular weight excluding hydrogens is 148 g/mol. The number of nitrogens with two attached hydrogens (primary N) is 2. The molecule has 1 aliphatic heterocycles. The zero-order valence-electron chi connectivity index (χ0n) is 5.74. The Hall–Kier alpha value is -0.680. The van der Waals surface area contributed by atoms with Gasteiger partial charge in [0.2, 0.25) is 0 Å². The summed E-state index contributed by atoms with van der Waals surface area (Å²) in [6, 6.07) is 0. The van der Waals surface area contributed by atoms with Gasteiger partial charge in [0, 0.05) is 7.05 Å². The van der Waals surface area contributed by atoms with E-state index in [-0.39, 0.29) is 6.29 Å². The third kappa shape index (κ3) is 1.25. The third-order valence-electron chi connectivity index (χ3n) is 1.42. The number of hydrogen-bond acceptors (Lipinski definition) is 4. The van der Waals surface area contributed by atoms with Crippen molar-refractivity contribution in [1.82, 2.24) is 4.90 Å². The van der Waals surface area contributed by atoms with Crippen LogP contribution in [-0.2, 0) is 0 Å². The van der Waals surface area contributed by atoms with Crippen molar-refractivity contribution >= 4 is 23.0 Å². The maximum atomic E-state index is 5.53. The number of amidine groups is 1. The van der Waals surface area contributed by atoms with Gasteiger partial charge < -0.3 is 10.6 Å². The van der Waals surface area contributed by atoms with Crippen LogP contribution >= 0.6 is 12.2 Å². The quantitative estimate of drug-likeness (QED) is 0.455. The number of nitrogens with zero attached hydrogens (tertiary/aromatic N) is 2. The van der Waals surface area contributed by atoms with E-state index in [0.717, 1.165) is 4.99 Å². The van der Waals surface area contributed by atoms with Crippen molar-refractivity contribution in [3.05, 3.63) is 0 Å². The molecule has 1 rings (SSSR count). The lowest BCUT2D eigenvalue weighted by Crippen LogP contribution is -2.47. The van der Waals surface area contributed by atoms with Gasteiger partial charge in [-0.2, -0.15) is 0 Å². The SMILES string of the molecule is CN1C(=S)CC(N)=NC1N. The van der Waals surface area contributed by atoms with Crippen molar-refractivity contribution in [3.8, 4) is 0 Å². The van der Waals surface area contributed by atoms with E-state index in [9.17, 15) is 0 Å². The monoisotopic (exact) mass is 158 g/mol. The van der Waals surface area contributed by atoms with Crippen molar-refractivity contribution in [2.24, 2.45) is 16.5 Å². The van der Waals surface area contributed by atoms with Crippen molar-refractivity contribution in [2.75, 3.05) is 7.05 Å². The number of aliphatic imine (C=N–C) groups is 1. The molecule has 0 saturated heterocycles. The Kier molecular flexibility index (Phi) is 1.87. The van der Waals surface area contributed by atoms with Crippen LogP contribution in [0.4, 0.5) is 0 Å². The normalized spacial score (nSPS) is 26.6. The molecule has 0 aromatic rings. The fourth-order valence-electron chi connectivity index (χ4n) is 0.729. The molecule has 0 aromatic carbocycles. The van der Waals surface area contributed by atoms with Gasteiger partial charge in [-0.15, -0.1) is 0 Å². The van der Waals surface area contributed by atoms with Crippen LogP contribution < -0.4 is 11.5 Å². The first-order chi connectivity index (χ1) is 4.61. The molecule has 0 fully saturated rings. The second-order valence-corrected chi connectivity index (χ2v) is 2.69. The van der Waals surface area contributed by atoms with Gasteiger partial charge >= 0.3 is 0 Å². The lowest BCUT2D eigenvalue weighted by Gasteiger charge is -2.28. The molecule has 0 bridgehead atoms. The zero-order valence-corrected chi connectivity index (χ0v) is 6.56. The average Bonchev–Trinajstić information content (AvgIpc) is 1.82. The van der Waals surface area contributed by atoms with E-state index in [4.69, 9.17) is 23.7 Å². The Morgan fingerprint density at radius 2 is 2.40 bits per heavy atom. The van der Waals surface area contributed by atoms with Gasteiger partial charge in [-0.1, -0.05) is 12.2 Å². The van der Waals surface area contributed by atoms with E-state index in [1.54, 1.807) is 4.90 Å². The molecule has 0 aliphatic carbocycles. The van der Waals surface area contributed by atoms with Gasteiger partial charge in [0.05, 0.1) is 11.4 Å². The molecule has 1 atom stereocenters. The average molecular weight is 158 g/mol. The fraction of sp³-hybridized carbons (Fsp3) is 0.600. The summed E-state index contributed by atoms with van der Waals surface area (Å²) in [5.74, 6) is 0.524. The highest BCUT2D eigenvalue weighted by Crippen LogP contribution is 2.04. The smallest absolute Gasteiger partial charge is 0.175 e. The van der Waals surface area contributed by atoms with Gasteiger partial charge in [-0.3, -0.25) is 5.73 Å². The van der Waals surface area contributed by atoms with Crippen LogP contribution in [0.3, 0.4) is 0 Å². The molecule has 5 heteroatoms. The standard InChI is InChI=1S/C5H10N4S/c1-9-4(10)2-3(6)8-5(9)7/h5H,2,7H2,1H3,(H2,6,8). The highest BCUT2D eigenvalue weighted by atomic mass is 32.1. The van der Waals surface area contributed by atoms with Crippen LogP contribution in [0.5, 0.6) is 0 Å². The van der Waals surface area contributed by atoms with E-state index in [2.05, 4.69) is 4.99 Å². The van der Waals surface area contributed by atoms with Gasteiger partial charge in [0.25, 0.3) is 0 Å². The summed E-state index contributed by atoms with van der Waals surface area (Å²) >= 11 is 4.97. The summed E-state index contributed by atoms with van der Waals surface area (Å²) in [4.78, 5) is 6.40. The molecule has 56 valence electrons. The number of rotatable bonds is 0. The molecule has 0 spiro atoms. The molecule has 0 amide bonds. The highest BCUT2D eigenvalue weighted by Gasteiger charge is 2.17. The second-order valence-electron chi connectivity index (χ2n) is 2.22. The van der Waals surface area contributed by atoms with Crippen LogP contribution in [0.15, 0.2) is 4.99 Å². The van der Waals surface area contributed by atoms with Gasteiger partial charge in [-0.25, -0.2) is 4.99 Å². The first kappa shape index (κ1) is 7.43. The molecule has 0 aromatic heterocycles. The molecule has 4 nitrogen and oxygen atoms in total. The molecule has 1 heterocycles. The van der Waals surface area contributed by atoms with Crippen molar-refractivity contribution in [2.45, 2.75) is 12.7 Å². The molecule has 10 heavy (non-hydrogen) atoms. The predicted octanol–water partition coefficient (Wildman–Crippen LogP) is -0.751. The molecule has 1 aliphatic rings. The second kappa shape index (κ2) is 2.51. The molecular formula is C5H10N4S. The van der Waals surface area contributed by atoms with Crippen LogP contribution in [0, 0.1) is 0 Å². The van der Waals surface area contributed by atoms with Crippen LogP contribution in [0.25, 0.3) is 0 Å². The Labute approximate surface area is 64.9 Å². The molecule has 4 N–H and O–H groups in total. The minimum absolute atomic E-state index is 0.388. The lowest BCUT2D eigenvalue weighted by molar-refractivity contribution is 0.380. The van der Waals surface area contributed by atoms with Gasteiger partial charge in [-0.05, 0) is 0 Å². The first-order valence-electron chi connectivity index (χ1n) is 2.94. The summed E-state index contributed by atoms with van der Waals surface area (Å²) in [6.07, 6.45) is 0.167.